The van der Waals surface area contributed by atoms with E-state index < -0.39 is 17.7 Å². The minimum absolute atomic E-state index is 0.0713. The van der Waals surface area contributed by atoms with E-state index in [2.05, 4.69) is 26.2 Å². The Morgan fingerprint density at radius 2 is 2.05 bits per heavy atom. The molecule has 0 spiro atoms. The summed E-state index contributed by atoms with van der Waals surface area (Å²) in [6.45, 7) is 0.161. The number of hydrogen-bond acceptors (Lipinski definition) is 3. The zero-order valence-corrected chi connectivity index (χ0v) is 12.2. The molecule has 0 saturated carbocycles. The Hall–Kier alpha value is -2.28. The van der Waals surface area contributed by atoms with Crippen LogP contribution in [0.4, 0.5) is 4.39 Å². The van der Waals surface area contributed by atoms with Crippen molar-refractivity contribution in [2.24, 2.45) is 0 Å². The van der Waals surface area contributed by atoms with Crippen molar-refractivity contribution in [1.82, 2.24) is 10.3 Å². The van der Waals surface area contributed by atoms with Crippen LogP contribution >= 0.6 is 15.9 Å². The Bertz CT molecular complexity index is 689. The largest absolute Gasteiger partial charge is 0.477 e. The normalized spacial score (nSPS) is 10.2. The predicted molar refractivity (Wildman–Crippen MR) is 76.5 cm³/mol. The van der Waals surface area contributed by atoms with E-state index in [-0.39, 0.29) is 17.8 Å². The van der Waals surface area contributed by atoms with Gasteiger partial charge in [0.2, 0.25) is 0 Å². The van der Waals surface area contributed by atoms with Gasteiger partial charge in [-0.05, 0) is 45.8 Å². The molecule has 2 N–H and O–H groups in total. The maximum atomic E-state index is 13.1. The maximum absolute atomic E-state index is 13.1. The number of carboxylic acid groups (broad SMARTS) is 1. The van der Waals surface area contributed by atoms with E-state index >= 15 is 0 Å². The Kier molecular flexibility index (Phi) is 4.64. The molecule has 0 aliphatic rings. The fourth-order valence-electron chi connectivity index (χ4n) is 1.60. The molecule has 0 radical (unpaired) electrons. The highest BCUT2D eigenvalue weighted by molar-refractivity contribution is 9.10. The molecule has 0 saturated heterocycles. The van der Waals surface area contributed by atoms with Crippen molar-refractivity contribution in [3.8, 4) is 0 Å². The summed E-state index contributed by atoms with van der Waals surface area (Å²) in [7, 11) is 0. The first-order chi connectivity index (χ1) is 9.97. The first-order valence-electron chi connectivity index (χ1n) is 5.89. The molecule has 0 aliphatic heterocycles. The molecule has 1 aromatic heterocycles. The summed E-state index contributed by atoms with van der Waals surface area (Å²) < 4.78 is 13.6. The number of amides is 1. The van der Waals surface area contributed by atoms with Crippen LogP contribution in [0.3, 0.4) is 0 Å². The summed E-state index contributed by atoms with van der Waals surface area (Å²) in [6.07, 6.45) is 1.37. The Morgan fingerprint density at radius 3 is 2.67 bits per heavy atom. The Balaban J connectivity index is 2.04. The van der Waals surface area contributed by atoms with Crippen molar-refractivity contribution in [2.45, 2.75) is 6.54 Å². The highest BCUT2D eigenvalue weighted by Gasteiger charge is 2.11. The zero-order chi connectivity index (χ0) is 15.4. The van der Waals surface area contributed by atoms with Crippen LogP contribution in [-0.2, 0) is 6.54 Å². The number of halogens is 2. The molecule has 21 heavy (non-hydrogen) atoms. The summed E-state index contributed by atoms with van der Waals surface area (Å²) in [5, 5.41) is 11.3. The van der Waals surface area contributed by atoms with E-state index in [0.717, 1.165) is 6.07 Å². The first kappa shape index (κ1) is 15.1. The van der Waals surface area contributed by atoms with Crippen molar-refractivity contribution < 1.29 is 19.1 Å². The third kappa shape index (κ3) is 3.85. The van der Waals surface area contributed by atoms with Crippen LogP contribution < -0.4 is 5.32 Å². The molecular weight excluding hydrogens is 343 g/mol. The van der Waals surface area contributed by atoms with Crippen LogP contribution in [0.5, 0.6) is 0 Å². The van der Waals surface area contributed by atoms with Gasteiger partial charge in [-0.3, -0.25) is 4.79 Å². The lowest BCUT2D eigenvalue weighted by atomic mass is 10.2. The van der Waals surface area contributed by atoms with Crippen molar-refractivity contribution in [3.05, 3.63) is 63.6 Å². The minimum atomic E-state index is -1.12. The molecule has 2 rings (SSSR count). The standard InChI is InChI=1S/C14H10BrFN2O3/c15-11-3-2-9(16)5-10(11)13(19)18-7-8-1-4-12(14(20)21)17-6-8/h1-6H,7H2,(H,18,19)(H,20,21). The van der Waals surface area contributed by atoms with Crippen molar-refractivity contribution in [3.63, 3.8) is 0 Å². The number of pyridine rings is 1. The highest BCUT2D eigenvalue weighted by atomic mass is 79.9. The van der Waals surface area contributed by atoms with Crippen molar-refractivity contribution in [2.75, 3.05) is 0 Å². The molecule has 2 aromatic rings. The summed E-state index contributed by atoms with van der Waals surface area (Å²) >= 11 is 3.18. The maximum Gasteiger partial charge on any atom is 0.354 e. The van der Waals surface area contributed by atoms with Crippen molar-refractivity contribution >= 4 is 27.8 Å². The average Bonchev–Trinajstić information content (AvgIpc) is 2.47. The molecule has 7 heteroatoms. The fourth-order valence-corrected chi connectivity index (χ4v) is 2.03. The number of nitrogens with one attached hydrogen (secondary N) is 1. The fraction of sp³-hybridized carbons (Fsp3) is 0.0714. The van der Waals surface area contributed by atoms with E-state index in [4.69, 9.17) is 5.11 Å². The molecule has 1 amide bonds. The average molecular weight is 353 g/mol. The monoisotopic (exact) mass is 352 g/mol. The third-order valence-electron chi connectivity index (χ3n) is 2.67. The van der Waals surface area contributed by atoms with Crippen molar-refractivity contribution in [1.29, 1.82) is 0 Å². The van der Waals surface area contributed by atoms with Gasteiger partial charge < -0.3 is 10.4 Å². The molecule has 1 aromatic carbocycles. The molecule has 108 valence electrons. The SMILES string of the molecule is O=C(O)c1ccc(CNC(=O)c2cc(F)ccc2Br)cn1. The Labute approximate surface area is 128 Å². The lowest BCUT2D eigenvalue weighted by Gasteiger charge is -2.07. The van der Waals surface area contributed by atoms with E-state index in [1.165, 1.54) is 24.4 Å². The quantitative estimate of drug-likeness (QED) is 0.886. The molecular formula is C14H10BrFN2O3. The number of carbonyl (C=O) groups is 2. The van der Waals surface area contributed by atoms with Gasteiger partial charge in [-0.1, -0.05) is 6.07 Å². The number of carboxylic acids is 1. The smallest absolute Gasteiger partial charge is 0.354 e. The van der Waals surface area contributed by atoms with Gasteiger partial charge in [0.1, 0.15) is 11.5 Å². The van der Waals surface area contributed by atoms with Crippen LogP contribution in [0.1, 0.15) is 26.4 Å². The van der Waals surface area contributed by atoms with Crippen LogP contribution in [-0.4, -0.2) is 22.0 Å². The molecule has 0 bridgehead atoms. The number of benzene rings is 1. The van der Waals surface area contributed by atoms with Gasteiger partial charge in [0, 0.05) is 17.2 Å². The van der Waals surface area contributed by atoms with Gasteiger partial charge in [0.25, 0.3) is 5.91 Å². The molecule has 5 nitrogen and oxygen atoms in total. The van der Waals surface area contributed by atoms with Gasteiger partial charge >= 0.3 is 5.97 Å². The highest BCUT2D eigenvalue weighted by Crippen LogP contribution is 2.17. The number of hydrogen-bond donors (Lipinski definition) is 2. The van der Waals surface area contributed by atoms with Gasteiger partial charge in [-0.25, -0.2) is 14.2 Å². The first-order valence-corrected chi connectivity index (χ1v) is 6.68. The van der Waals surface area contributed by atoms with E-state index in [0.29, 0.717) is 10.0 Å². The second-order valence-corrected chi connectivity index (χ2v) is 5.02. The van der Waals surface area contributed by atoms with Crippen LogP contribution in [0.15, 0.2) is 41.0 Å². The minimum Gasteiger partial charge on any atom is -0.477 e. The molecule has 0 unspecified atom stereocenters. The van der Waals surface area contributed by atoms with Gasteiger partial charge in [-0.15, -0.1) is 0 Å². The van der Waals surface area contributed by atoms with Crippen LogP contribution in [0, 0.1) is 5.82 Å². The molecule has 0 aliphatic carbocycles. The third-order valence-corrected chi connectivity index (χ3v) is 3.36. The lowest BCUT2D eigenvalue weighted by Crippen LogP contribution is -2.23. The second-order valence-electron chi connectivity index (χ2n) is 4.16. The van der Waals surface area contributed by atoms with Gasteiger partial charge in [-0.2, -0.15) is 0 Å². The summed E-state index contributed by atoms with van der Waals surface area (Å²) in [6, 6.07) is 6.73. The summed E-state index contributed by atoms with van der Waals surface area (Å²) in [5.41, 5.74) is 0.754. The predicted octanol–water partition coefficient (Wildman–Crippen LogP) is 2.61. The number of aromatic carboxylic acids is 1. The number of rotatable bonds is 4. The topological polar surface area (TPSA) is 79.3 Å². The number of nitrogens with zero attached hydrogens (tertiary/aromatic N) is 1. The van der Waals surface area contributed by atoms with Crippen LogP contribution in [0.2, 0.25) is 0 Å². The Morgan fingerprint density at radius 1 is 1.29 bits per heavy atom. The zero-order valence-electron chi connectivity index (χ0n) is 10.6. The molecule has 0 fully saturated rings. The van der Waals surface area contributed by atoms with Gasteiger partial charge in [0.05, 0.1) is 5.56 Å². The lowest BCUT2D eigenvalue weighted by molar-refractivity contribution is 0.0690. The second kappa shape index (κ2) is 6.45. The van der Waals surface area contributed by atoms with E-state index in [9.17, 15) is 14.0 Å². The number of carbonyl (C=O) groups excluding carboxylic acids is 1. The van der Waals surface area contributed by atoms with E-state index in [1.54, 1.807) is 6.07 Å². The molecule has 1 heterocycles. The summed E-state index contributed by atoms with van der Waals surface area (Å²) in [4.78, 5) is 26.3. The molecule has 0 atom stereocenters. The van der Waals surface area contributed by atoms with Crippen LogP contribution in [0.25, 0.3) is 0 Å². The van der Waals surface area contributed by atoms with E-state index in [1.807, 2.05) is 0 Å². The number of aromatic nitrogens is 1. The van der Waals surface area contributed by atoms with Gasteiger partial charge in [0.15, 0.2) is 0 Å². The summed E-state index contributed by atoms with van der Waals surface area (Å²) in [5.74, 6) is -2.06.